The number of fused-ring (bicyclic) bond motifs is 1. The molecule has 0 unspecified atom stereocenters. The van der Waals surface area contributed by atoms with Gasteiger partial charge in [0.1, 0.15) is 0 Å². The summed E-state index contributed by atoms with van der Waals surface area (Å²) >= 11 is 5.94. The Balaban J connectivity index is 1.67. The number of hydrogen-bond acceptors (Lipinski definition) is 2. The van der Waals surface area contributed by atoms with Crippen LogP contribution in [-0.2, 0) is 6.42 Å². The molecule has 3 heteroatoms. The Labute approximate surface area is 130 Å². The van der Waals surface area contributed by atoms with Crippen LogP contribution in [0.5, 0.6) is 0 Å². The third-order valence-corrected chi connectivity index (χ3v) is 4.20. The number of Topliss-reactive ketones (excluding diaryl/α,β-unsaturated/α-hetero) is 1. The van der Waals surface area contributed by atoms with Crippen LogP contribution in [0.2, 0.25) is 5.02 Å². The molecule has 0 aliphatic carbocycles. The molecule has 0 fully saturated rings. The van der Waals surface area contributed by atoms with Crippen molar-refractivity contribution in [3.8, 4) is 0 Å². The average molecular weight is 300 g/mol. The van der Waals surface area contributed by atoms with Crippen LogP contribution < -0.4 is 4.90 Å². The fraction of sp³-hybridized carbons (Fsp3) is 0.278. The number of nitrogens with zero attached hydrogens (tertiary/aromatic N) is 1. The van der Waals surface area contributed by atoms with Crippen molar-refractivity contribution in [3.63, 3.8) is 0 Å². The molecule has 2 aromatic carbocycles. The van der Waals surface area contributed by atoms with Gasteiger partial charge in [-0.25, -0.2) is 0 Å². The van der Waals surface area contributed by atoms with Gasteiger partial charge in [0.15, 0.2) is 5.78 Å². The summed E-state index contributed by atoms with van der Waals surface area (Å²) in [5.41, 5.74) is 3.37. The average Bonchev–Trinajstić information content (AvgIpc) is 2.52. The number of carbonyl (C=O) groups excluding carboxylic acids is 1. The van der Waals surface area contributed by atoms with Gasteiger partial charge in [-0.1, -0.05) is 41.9 Å². The number of rotatable bonds is 4. The quantitative estimate of drug-likeness (QED) is 0.782. The molecule has 0 saturated carbocycles. The van der Waals surface area contributed by atoms with E-state index in [1.807, 2.05) is 12.1 Å². The lowest BCUT2D eigenvalue weighted by Gasteiger charge is -2.31. The molecule has 3 rings (SSSR count). The molecule has 0 bridgehead atoms. The summed E-state index contributed by atoms with van der Waals surface area (Å²) in [5.74, 6) is 0.153. The molecule has 0 N–H and O–H groups in total. The van der Waals surface area contributed by atoms with Crippen molar-refractivity contribution in [2.24, 2.45) is 0 Å². The van der Waals surface area contributed by atoms with Gasteiger partial charge in [-0.05, 0) is 36.6 Å². The van der Waals surface area contributed by atoms with Crippen LogP contribution in [0.3, 0.4) is 0 Å². The lowest BCUT2D eigenvalue weighted by molar-refractivity contribution is 0.0984. The highest BCUT2D eigenvalue weighted by Gasteiger charge is 2.17. The number of halogens is 1. The Morgan fingerprint density at radius 1 is 1.14 bits per heavy atom. The summed E-state index contributed by atoms with van der Waals surface area (Å²) in [6.45, 7) is 1.79. The van der Waals surface area contributed by atoms with Crippen molar-refractivity contribution in [2.45, 2.75) is 19.3 Å². The highest BCUT2D eigenvalue weighted by Crippen LogP contribution is 2.26. The maximum Gasteiger partial charge on any atom is 0.164 e. The van der Waals surface area contributed by atoms with Crippen LogP contribution in [-0.4, -0.2) is 18.9 Å². The molecule has 108 valence electrons. The van der Waals surface area contributed by atoms with Crippen molar-refractivity contribution >= 4 is 23.1 Å². The first-order valence-electron chi connectivity index (χ1n) is 7.35. The van der Waals surface area contributed by atoms with Crippen molar-refractivity contribution < 1.29 is 4.79 Å². The molecule has 0 spiro atoms. The molecule has 0 atom stereocenters. The van der Waals surface area contributed by atoms with E-state index in [1.165, 1.54) is 11.3 Å². The number of ketones is 1. The molecular weight excluding hydrogens is 282 g/mol. The molecule has 0 saturated heterocycles. The predicted molar refractivity (Wildman–Crippen MR) is 87.4 cm³/mol. The summed E-state index contributed by atoms with van der Waals surface area (Å²) in [5, 5.41) is 0.615. The van der Waals surface area contributed by atoms with Gasteiger partial charge < -0.3 is 4.90 Å². The Hall–Kier alpha value is -1.80. The molecule has 1 aliphatic rings. The van der Waals surface area contributed by atoms with E-state index in [0.29, 0.717) is 17.0 Å². The van der Waals surface area contributed by atoms with Gasteiger partial charge in [0.2, 0.25) is 0 Å². The zero-order valence-corrected chi connectivity index (χ0v) is 12.6. The van der Waals surface area contributed by atoms with Crippen molar-refractivity contribution in [1.82, 2.24) is 0 Å². The Bertz CT molecular complexity index is 653. The zero-order valence-electron chi connectivity index (χ0n) is 11.9. The second-order valence-corrected chi connectivity index (χ2v) is 5.84. The summed E-state index contributed by atoms with van der Waals surface area (Å²) in [6.07, 6.45) is 2.81. The fourth-order valence-electron chi connectivity index (χ4n) is 2.89. The Morgan fingerprint density at radius 3 is 2.86 bits per heavy atom. The Morgan fingerprint density at radius 2 is 2.00 bits per heavy atom. The number of anilines is 1. The largest absolute Gasteiger partial charge is 0.371 e. The topological polar surface area (TPSA) is 20.3 Å². The first kappa shape index (κ1) is 14.2. The van der Waals surface area contributed by atoms with Crippen LogP contribution in [0.25, 0.3) is 0 Å². The standard InChI is InChI=1S/C18H18ClNO/c19-16-8-3-6-15(13-16)18(21)10-12-20-11-4-7-14-5-1-2-9-17(14)20/h1-3,5-6,8-9,13H,4,7,10-12H2. The number of benzene rings is 2. The van der Waals surface area contributed by atoms with Crippen LogP contribution in [0, 0.1) is 0 Å². The summed E-state index contributed by atoms with van der Waals surface area (Å²) in [4.78, 5) is 14.6. The maximum absolute atomic E-state index is 12.3. The van der Waals surface area contributed by atoms with Crippen molar-refractivity contribution in [1.29, 1.82) is 0 Å². The van der Waals surface area contributed by atoms with Gasteiger partial charge in [-0.2, -0.15) is 0 Å². The van der Waals surface area contributed by atoms with Gasteiger partial charge in [0.25, 0.3) is 0 Å². The highest BCUT2D eigenvalue weighted by molar-refractivity contribution is 6.31. The highest BCUT2D eigenvalue weighted by atomic mass is 35.5. The van der Waals surface area contributed by atoms with Crippen LogP contribution in [0.1, 0.15) is 28.8 Å². The van der Waals surface area contributed by atoms with Crippen LogP contribution >= 0.6 is 11.6 Å². The molecule has 2 aromatic rings. The van der Waals surface area contributed by atoms with E-state index < -0.39 is 0 Å². The molecule has 21 heavy (non-hydrogen) atoms. The first-order chi connectivity index (χ1) is 10.2. The van der Waals surface area contributed by atoms with Gasteiger partial charge in [-0.15, -0.1) is 0 Å². The summed E-state index contributed by atoms with van der Waals surface area (Å²) in [7, 11) is 0. The maximum atomic E-state index is 12.3. The summed E-state index contributed by atoms with van der Waals surface area (Å²) in [6, 6.07) is 15.7. The SMILES string of the molecule is O=C(CCN1CCCc2ccccc21)c1cccc(Cl)c1. The molecule has 0 aromatic heterocycles. The van der Waals surface area contributed by atoms with Gasteiger partial charge in [0, 0.05) is 35.8 Å². The fourth-order valence-corrected chi connectivity index (χ4v) is 3.08. The molecule has 0 amide bonds. The molecular formula is C18H18ClNO. The lowest BCUT2D eigenvalue weighted by atomic mass is 10.0. The van der Waals surface area contributed by atoms with Crippen molar-refractivity contribution in [3.05, 3.63) is 64.7 Å². The minimum absolute atomic E-state index is 0.153. The van der Waals surface area contributed by atoms with Gasteiger partial charge in [-0.3, -0.25) is 4.79 Å². The Kier molecular flexibility index (Phi) is 4.26. The number of aryl methyl sites for hydroxylation is 1. The van der Waals surface area contributed by atoms with Gasteiger partial charge >= 0.3 is 0 Å². The molecule has 1 aliphatic heterocycles. The lowest BCUT2D eigenvalue weighted by Crippen LogP contribution is -2.31. The minimum atomic E-state index is 0.153. The number of para-hydroxylation sites is 1. The monoisotopic (exact) mass is 299 g/mol. The minimum Gasteiger partial charge on any atom is -0.371 e. The zero-order chi connectivity index (χ0) is 14.7. The van der Waals surface area contributed by atoms with Gasteiger partial charge in [0.05, 0.1) is 0 Å². The first-order valence-corrected chi connectivity index (χ1v) is 7.73. The van der Waals surface area contributed by atoms with E-state index in [4.69, 9.17) is 11.6 Å². The van der Waals surface area contributed by atoms with E-state index in [1.54, 1.807) is 12.1 Å². The molecule has 0 radical (unpaired) electrons. The van der Waals surface area contributed by atoms with E-state index in [-0.39, 0.29) is 5.78 Å². The van der Waals surface area contributed by atoms with Crippen molar-refractivity contribution in [2.75, 3.05) is 18.0 Å². The molecule has 1 heterocycles. The second-order valence-electron chi connectivity index (χ2n) is 5.40. The summed E-state index contributed by atoms with van der Waals surface area (Å²) < 4.78 is 0. The number of hydrogen-bond donors (Lipinski definition) is 0. The third kappa shape index (κ3) is 3.27. The van der Waals surface area contributed by atoms with E-state index in [0.717, 1.165) is 25.9 Å². The number of carbonyl (C=O) groups is 1. The van der Waals surface area contributed by atoms with E-state index in [2.05, 4.69) is 29.2 Å². The van der Waals surface area contributed by atoms with Crippen LogP contribution in [0.15, 0.2) is 48.5 Å². The predicted octanol–water partition coefficient (Wildman–Crippen LogP) is 4.37. The smallest absolute Gasteiger partial charge is 0.164 e. The van der Waals surface area contributed by atoms with E-state index in [9.17, 15) is 4.79 Å². The third-order valence-electron chi connectivity index (χ3n) is 3.96. The normalized spacial score (nSPS) is 13.9. The van der Waals surface area contributed by atoms with E-state index >= 15 is 0 Å². The second kappa shape index (κ2) is 6.31. The van der Waals surface area contributed by atoms with Crippen LogP contribution in [0.4, 0.5) is 5.69 Å². The molecule has 2 nitrogen and oxygen atoms in total.